The van der Waals surface area contributed by atoms with E-state index in [0.29, 0.717) is 12.2 Å². The zero-order chi connectivity index (χ0) is 13.8. The van der Waals surface area contributed by atoms with Gasteiger partial charge in [0.05, 0.1) is 6.54 Å². The molecular formula is C10H18N6O2. The monoisotopic (exact) mass is 254 g/mol. The first-order chi connectivity index (χ1) is 8.45. The third kappa shape index (κ3) is 2.58. The average Bonchev–Trinajstić information content (AvgIpc) is 2.79. The Balaban J connectivity index is 2.73. The van der Waals surface area contributed by atoms with Crippen LogP contribution in [0, 0.1) is 5.41 Å². The summed E-state index contributed by atoms with van der Waals surface area (Å²) in [6.07, 6.45) is 1.97. The fourth-order valence-corrected chi connectivity index (χ4v) is 1.39. The predicted molar refractivity (Wildman–Crippen MR) is 64.7 cm³/mol. The van der Waals surface area contributed by atoms with Crippen molar-refractivity contribution in [3.8, 4) is 0 Å². The van der Waals surface area contributed by atoms with Crippen LogP contribution in [-0.2, 0) is 18.4 Å². The number of carbonyl (C=O) groups excluding carboxylic acids is 1. The van der Waals surface area contributed by atoms with E-state index < -0.39 is 5.41 Å². The molecule has 8 heteroatoms. The van der Waals surface area contributed by atoms with Gasteiger partial charge in [-0.1, -0.05) is 12.1 Å². The van der Waals surface area contributed by atoms with Crippen molar-refractivity contribution in [1.82, 2.24) is 20.1 Å². The Bertz CT molecular complexity index is 455. The topological polar surface area (TPSA) is 118 Å². The lowest BCUT2D eigenvalue weighted by atomic mass is 9.85. The van der Waals surface area contributed by atoms with Gasteiger partial charge in [-0.05, 0) is 13.3 Å². The lowest BCUT2D eigenvalue weighted by Crippen LogP contribution is -2.47. The second kappa shape index (κ2) is 5.48. The first-order valence-corrected chi connectivity index (χ1v) is 5.54. The van der Waals surface area contributed by atoms with Crippen LogP contribution in [0.2, 0.25) is 0 Å². The molecule has 8 nitrogen and oxygen atoms in total. The number of nitrogens with one attached hydrogen (secondary N) is 1. The number of amides is 1. The first kappa shape index (κ1) is 13.9. The van der Waals surface area contributed by atoms with Crippen molar-refractivity contribution in [3.63, 3.8) is 0 Å². The van der Waals surface area contributed by atoms with Crippen LogP contribution >= 0.6 is 0 Å². The van der Waals surface area contributed by atoms with Crippen LogP contribution in [0.1, 0.15) is 26.1 Å². The number of carbonyl (C=O) groups is 1. The van der Waals surface area contributed by atoms with Gasteiger partial charge < -0.3 is 20.8 Å². The molecule has 4 N–H and O–H groups in total. The standard InChI is InChI=1S/C10H18N6O2/c1-4-10(2,8(11)15-18)9(17)12-5-7-14-13-6-16(7)3/h6,18H,4-5H2,1-3H3,(H2,11,15)(H,12,17). The summed E-state index contributed by atoms with van der Waals surface area (Å²) in [5.41, 5.74) is 4.51. The summed E-state index contributed by atoms with van der Waals surface area (Å²) < 4.78 is 1.70. The van der Waals surface area contributed by atoms with Gasteiger partial charge in [-0.2, -0.15) is 0 Å². The van der Waals surface area contributed by atoms with Crippen LogP contribution in [0.5, 0.6) is 0 Å². The molecule has 0 aliphatic heterocycles. The Morgan fingerprint density at radius 1 is 1.72 bits per heavy atom. The Labute approximate surface area is 105 Å². The maximum atomic E-state index is 12.1. The minimum absolute atomic E-state index is 0.111. The molecule has 0 aromatic carbocycles. The summed E-state index contributed by atoms with van der Waals surface area (Å²) in [5.74, 6) is 0.199. The van der Waals surface area contributed by atoms with Gasteiger partial charge in [-0.3, -0.25) is 4.79 Å². The molecular weight excluding hydrogens is 236 g/mol. The number of aryl methyl sites for hydroxylation is 1. The van der Waals surface area contributed by atoms with E-state index in [1.165, 1.54) is 0 Å². The van der Waals surface area contributed by atoms with E-state index in [1.54, 1.807) is 31.8 Å². The molecule has 1 atom stereocenters. The van der Waals surface area contributed by atoms with Crippen LogP contribution in [0.4, 0.5) is 0 Å². The lowest BCUT2D eigenvalue weighted by Gasteiger charge is -2.25. The number of nitrogens with two attached hydrogens (primary N) is 1. The molecule has 0 radical (unpaired) electrons. The molecule has 0 spiro atoms. The Hall–Kier alpha value is -2.12. The third-order valence-electron chi connectivity index (χ3n) is 3.09. The smallest absolute Gasteiger partial charge is 0.234 e. The predicted octanol–water partition coefficient (Wildman–Crippen LogP) is -0.406. The quantitative estimate of drug-likeness (QED) is 0.286. The maximum Gasteiger partial charge on any atom is 0.234 e. The van der Waals surface area contributed by atoms with E-state index in [4.69, 9.17) is 10.9 Å². The van der Waals surface area contributed by atoms with Crippen molar-refractivity contribution in [3.05, 3.63) is 12.2 Å². The number of hydrogen-bond acceptors (Lipinski definition) is 5. The van der Waals surface area contributed by atoms with Gasteiger partial charge in [0.1, 0.15) is 11.7 Å². The minimum Gasteiger partial charge on any atom is -0.409 e. The summed E-state index contributed by atoms with van der Waals surface area (Å²) in [4.78, 5) is 12.1. The number of oxime groups is 1. The van der Waals surface area contributed by atoms with Crippen LogP contribution in [0.15, 0.2) is 11.5 Å². The maximum absolute atomic E-state index is 12.1. The molecule has 18 heavy (non-hydrogen) atoms. The van der Waals surface area contributed by atoms with Gasteiger partial charge in [0.25, 0.3) is 0 Å². The zero-order valence-corrected chi connectivity index (χ0v) is 10.7. The number of nitrogens with zero attached hydrogens (tertiary/aromatic N) is 4. The summed E-state index contributed by atoms with van der Waals surface area (Å²) >= 11 is 0. The summed E-state index contributed by atoms with van der Waals surface area (Å²) in [7, 11) is 1.78. The Morgan fingerprint density at radius 3 is 2.83 bits per heavy atom. The second-order valence-corrected chi connectivity index (χ2v) is 4.21. The molecule has 1 aromatic heterocycles. The van der Waals surface area contributed by atoms with E-state index in [0.717, 1.165) is 0 Å². The molecule has 1 unspecified atom stereocenters. The van der Waals surface area contributed by atoms with Crippen LogP contribution < -0.4 is 11.1 Å². The van der Waals surface area contributed by atoms with Crippen molar-refractivity contribution >= 4 is 11.7 Å². The van der Waals surface area contributed by atoms with Crippen LogP contribution in [-0.4, -0.2) is 31.7 Å². The number of rotatable bonds is 5. The molecule has 1 rings (SSSR count). The van der Waals surface area contributed by atoms with Gasteiger partial charge in [-0.25, -0.2) is 0 Å². The van der Waals surface area contributed by atoms with Crippen molar-refractivity contribution in [2.24, 2.45) is 23.4 Å². The normalized spacial score (nSPS) is 15.2. The van der Waals surface area contributed by atoms with Gasteiger partial charge in [0.2, 0.25) is 5.91 Å². The van der Waals surface area contributed by atoms with Gasteiger partial charge >= 0.3 is 0 Å². The minimum atomic E-state index is -1.03. The van der Waals surface area contributed by atoms with E-state index in [2.05, 4.69) is 20.7 Å². The number of amidine groups is 1. The molecule has 0 saturated carbocycles. The highest BCUT2D eigenvalue weighted by atomic mass is 16.4. The second-order valence-electron chi connectivity index (χ2n) is 4.21. The van der Waals surface area contributed by atoms with Crippen LogP contribution in [0.3, 0.4) is 0 Å². The van der Waals surface area contributed by atoms with Crippen molar-refractivity contribution in [2.75, 3.05) is 0 Å². The van der Waals surface area contributed by atoms with Crippen molar-refractivity contribution in [1.29, 1.82) is 0 Å². The molecule has 0 aliphatic carbocycles. The highest BCUT2D eigenvalue weighted by molar-refractivity contribution is 6.06. The molecule has 0 saturated heterocycles. The van der Waals surface area contributed by atoms with E-state index >= 15 is 0 Å². The molecule has 1 heterocycles. The summed E-state index contributed by atoms with van der Waals surface area (Å²) in [6.45, 7) is 3.65. The lowest BCUT2D eigenvalue weighted by molar-refractivity contribution is -0.127. The van der Waals surface area contributed by atoms with Crippen molar-refractivity contribution in [2.45, 2.75) is 26.8 Å². The van der Waals surface area contributed by atoms with Gasteiger partial charge in [0.15, 0.2) is 11.7 Å². The molecule has 0 fully saturated rings. The molecule has 1 aromatic rings. The molecule has 1 amide bonds. The number of aromatic nitrogens is 3. The number of hydrogen-bond donors (Lipinski definition) is 3. The van der Waals surface area contributed by atoms with E-state index in [1.807, 2.05) is 0 Å². The summed E-state index contributed by atoms with van der Waals surface area (Å²) in [5, 5.41) is 21.9. The Morgan fingerprint density at radius 2 is 2.39 bits per heavy atom. The Kier molecular flexibility index (Phi) is 4.24. The van der Waals surface area contributed by atoms with E-state index in [9.17, 15) is 4.79 Å². The van der Waals surface area contributed by atoms with Crippen LogP contribution in [0.25, 0.3) is 0 Å². The molecule has 0 aliphatic rings. The highest BCUT2D eigenvalue weighted by Gasteiger charge is 2.36. The third-order valence-corrected chi connectivity index (χ3v) is 3.09. The fraction of sp³-hybridized carbons (Fsp3) is 0.600. The fourth-order valence-electron chi connectivity index (χ4n) is 1.39. The zero-order valence-electron chi connectivity index (χ0n) is 10.7. The van der Waals surface area contributed by atoms with E-state index in [-0.39, 0.29) is 18.3 Å². The first-order valence-electron chi connectivity index (χ1n) is 5.54. The largest absolute Gasteiger partial charge is 0.409 e. The summed E-state index contributed by atoms with van der Waals surface area (Å²) in [6, 6.07) is 0. The van der Waals surface area contributed by atoms with Gasteiger partial charge in [-0.15, -0.1) is 10.2 Å². The molecule has 100 valence electrons. The van der Waals surface area contributed by atoms with Gasteiger partial charge in [0, 0.05) is 7.05 Å². The molecule has 0 bridgehead atoms. The highest BCUT2D eigenvalue weighted by Crippen LogP contribution is 2.21. The average molecular weight is 254 g/mol. The SMILES string of the molecule is CCC(C)(C(=O)NCc1nncn1C)C(N)=NO. The van der Waals surface area contributed by atoms with Crippen molar-refractivity contribution < 1.29 is 10.0 Å².